The van der Waals surface area contributed by atoms with E-state index in [0.717, 1.165) is 5.56 Å². The number of aliphatic imine (C=N–C) groups is 1. The number of thioether (sulfide) groups is 1. The summed E-state index contributed by atoms with van der Waals surface area (Å²) in [6.45, 7) is 4.03. The van der Waals surface area contributed by atoms with E-state index in [9.17, 15) is 4.79 Å². The topological polar surface area (TPSA) is 50.7 Å². The smallest absolute Gasteiger partial charge is 0.264 e. The Balaban J connectivity index is 1.86. The number of ether oxygens (including phenoxy) is 1. The number of nitrogens with zero attached hydrogens (tertiary/aromatic N) is 1. The van der Waals surface area contributed by atoms with Crippen LogP contribution in [-0.4, -0.2) is 17.7 Å². The number of carbonyl (C=O) groups excluding carboxylic acids is 1. The summed E-state index contributed by atoms with van der Waals surface area (Å²) in [5, 5.41) is 3.92. The van der Waals surface area contributed by atoms with E-state index in [1.54, 1.807) is 30.4 Å². The zero-order valence-corrected chi connectivity index (χ0v) is 15.9. The predicted molar refractivity (Wildman–Crippen MR) is 109 cm³/mol. The zero-order chi connectivity index (χ0) is 18.5. The van der Waals surface area contributed by atoms with Gasteiger partial charge < -0.3 is 10.1 Å². The summed E-state index contributed by atoms with van der Waals surface area (Å²) >= 11 is 13.4. The Hall–Kier alpha value is -2.21. The third-order valence-electron chi connectivity index (χ3n) is 3.37. The first-order chi connectivity index (χ1) is 12.6. The lowest BCUT2D eigenvalue weighted by molar-refractivity contribution is -0.115. The van der Waals surface area contributed by atoms with Crippen molar-refractivity contribution in [3.05, 3.63) is 75.6 Å². The average molecular weight is 405 g/mol. The minimum absolute atomic E-state index is 0.231. The van der Waals surface area contributed by atoms with Gasteiger partial charge in [0.05, 0.1) is 20.6 Å². The number of para-hydroxylation sites is 1. The summed E-state index contributed by atoms with van der Waals surface area (Å²) in [7, 11) is 0. The van der Waals surface area contributed by atoms with E-state index in [1.165, 1.54) is 11.8 Å². The van der Waals surface area contributed by atoms with E-state index in [2.05, 4.69) is 16.9 Å². The van der Waals surface area contributed by atoms with E-state index in [1.807, 2.05) is 24.3 Å². The van der Waals surface area contributed by atoms with Crippen LogP contribution in [-0.2, 0) is 4.79 Å². The molecule has 2 aromatic carbocycles. The van der Waals surface area contributed by atoms with Crippen LogP contribution in [0.2, 0.25) is 10.0 Å². The molecular weight excluding hydrogens is 391 g/mol. The number of hydrogen-bond donors (Lipinski definition) is 1. The normalized spacial score (nSPS) is 16.8. The van der Waals surface area contributed by atoms with Crippen molar-refractivity contribution in [3.63, 3.8) is 0 Å². The number of halogens is 2. The van der Waals surface area contributed by atoms with Gasteiger partial charge in [0.25, 0.3) is 5.91 Å². The molecule has 1 heterocycles. The molecule has 132 valence electrons. The van der Waals surface area contributed by atoms with Gasteiger partial charge in [-0.15, -0.1) is 0 Å². The second kappa shape index (κ2) is 8.45. The van der Waals surface area contributed by atoms with Crippen molar-refractivity contribution in [1.82, 2.24) is 5.32 Å². The van der Waals surface area contributed by atoms with Crippen molar-refractivity contribution in [2.75, 3.05) is 6.61 Å². The van der Waals surface area contributed by atoms with Gasteiger partial charge in [0.1, 0.15) is 12.4 Å². The molecule has 0 atom stereocenters. The fourth-order valence-electron chi connectivity index (χ4n) is 2.19. The first-order valence-corrected chi connectivity index (χ1v) is 9.22. The molecule has 26 heavy (non-hydrogen) atoms. The molecular formula is C19H14Cl2N2O2S. The molecule has 4 nitrogen and oxygen atoms in total. The molecule has 0 aliphatic carbocycles. The maximum absolute atomic E-state index is 12.3. The van der Waals surface area contributed by atoms with Gasteiger partial charge in [-0.05, 0) is 36.0 Å². The lowest BCUT2D eigenvalue weighted by Crippen LogP contribution is -2.19. The first kappa shape index (κ1) is 18.6. The van der Waals surface area contributed by atoms with E-state index < -0.39 is 0 Å². The van der Waals surface area contributed by atoms with E-state index >= 15 is 0 Å². The van der Waals surface area contributed by atoms with Crippen LogP contribution in [0.25, 0.3) is 6.08 Å². The Morgan fingerprint density at radius 1 is 1.19 bits per heavy atom. The SMILES string of the molecule is C=CCOc1ccccc1/C=C1\SC(=Nc2cccc(Cl)c2Cl)NC1=O. The Morgan fingerprint density at radius 3 is 2.81 bits per heavy atom. The number of amidine groups is 1. The number of rotatable bonds is 5. The van der Waals surface area contributed by atoms with Crippen molar-refractivity contribution in [2.45, 2.75) is 0 Å². The maximum atomic E-state index is 12.3. The Morgan fingerprint density at radius 2 is 2.00 bits per heavy atom. The molecule has 0 spiro atoms. The van der Waals surface area contributed by atoms with Crippen LogP contribution in [0.3, 0.4) is 0 Å². The minimum Gasteiger partial charge on any atom is -0.489 e. The molecule has 7 heteroatoms. The lowest BCUT2D eigenvalue weighted by Gasteiger charge is -2.06. The molecule has 1 amide bonds. The molecule has 0 saturated carbocycles. The van der Waals surface area contributed by atoms with Gasteiger partial charge in [0.15, 0.2) is 5.17 Å². The Labute approximate surface area is 165 Å². The summed E-state index contributed by atoms with van der Waals surface area (Å²) in [6, 6.07) is 12.6. The molecule has 0 unspecified atom stereocenters. The molecule has 2 aromatic rings. The molecule has 3 rings (SSSR count). The number of carbonyl (C=O) groups is 1. The van der Waals surface area contributed by atoms with E-state index in [-0.39, 0.29) is 5.91 Å². The average Bonchev–Trinajstić information content (AvgIpc) is 2.97. The number of amides is 1. The van der Waals surface area contributed by atoms with Gasteiger partial charge in [-0.3, -0.25) is 4.79 Å². The van der Waals surface area contributed by atoms with Crippen molar-refractivity contribution in [2.24, 2.45) is 4.99 Å². The molecule has 0 radical (unpaired) electrons. The summed E-state index contributed by atoms with van der Waals surface area (Å²) in [5.41, 5.74) is 1.30. The van der Waals surface area contributed by atoms with Crippen molar-refractivity contribution in [3.8, 4) is 5.75 Å². The van der Waals surface area contributed by atoms with E-state index in [4.69, 9.17) is 27.9 Å². The standard InChI is InChI=1S/C19H14Cl2N2O2S/c1-2-10-25-15-9-4-3-6-12(15)11-16-18(24)23-19(26-16)22-14-8-5-7-13(20)17(14)21/h2-9,11H,1,10H2,(H,22,23,24)/b16-11-. The monoisotopic (exact) mass is 404 g/mol. The van der Waals surface area contributed by atoms with Crippen molar-refractivity contribution >= 4 is 57.8 Å². The van der Waals surface area contributed by atoms with E-state index in [0.29, 0.717) is 38.2 Å². The molecule has 0 bridgehead atoms. The summed E-state index contributed by atoms with van der Waals surface area (Å²) in [4.78, 5) is 17.1. The number of hydrogen-bond acceptors (Lipinski definition) is 4. The van der Waals surface area contributed by atoms with Crippen LogP contribution in [0.4, 0.5) is 5.69 Å². The second-order valence-corrected chi connectivity index (χ2v) is 7.01. The lowest BCUT2D eigenvalue weighted by atomic mass is 10.2. The largest absolute Gasteiger partial charge is 0.489 e. The highest BCUT2D eigenvalue weighted by atomic mass is 35.5. The van der Waals surface area contributed by atoms with Gasteiger partial charge in [-0.2, -0.15) is 0 Å². The highest BCUT2D eigenvalue weighted by Gasteiger charge is 2.24. The molecule has 1 saturated heterocycles. The maximum Gasteiger partial charge on any atom is 0.264 e. The Kier molecular flexibility index (Phi) is 6.04. The summed E-state index contributed by atoms with van der Waals surface area (Å²) in [5.74, 6) is 0.446. The highest BCUT2D eigenvalue weighted by molar-refractivity contribution is 8.18. The van der Waals surface area contributed by atoms with Gasteiger partial charge in [0, 0.05) is 5.56 Å². The van der Waals surface area contributed by atoms with Crippen molar-refractivity contribution < 1.29 is 9.53 Å². The van der Waals surface area contributed by atoms with Crippen molar-refractivity contribution in [1.29, 1.82) is 0 Å². The summed E-state index contributed by atoms with van der Waals surface area (Å²) in [6.07, 6.45) is 3.43. The van der Waals surface area contributed by atoms with Crippen LogP contribution < -0.4 is 10.1 Å². The van der Waals surface area contributed by atoms with Gasteiger partial charge in [0.2, 0.25) is 0 Å². The third-order valence-corrected chi connectivity index (χ3v) is 5.09. The number of nitrogens with one attached hydrogen (secondary N) is 1. The molecule has 1 aliphatic rings. The molecule has 1 N–H and O–H groups in total. The molecule has 1 aliphatic heterocycles. The highest BCUT2D eigenvalue weighted by Crippen LogP contribution is 2.35. The molecule has 1 fully saturated rings. The minimum atomic E-state index is -0.231. The third kappa shape index (κ3) is 4.30. The number of benzene rings is 2. The zero-order valence-electron chi connectivity index (χ0n) is 13.5. The van der Waals surface area contributed by atoms with Gasteiger partial charge >= 0.3 is 0 Å². The second-order valence-electron chi connectivity index (χ2n) is 5.19. The van der Waals surface area contributed by atoms with Crippen LogP contribution in [0.15, 0.2) is 65.0 Å². The Bertz CT molecular complexity index is 926. The predicted octanol–water partition coefficient (Wildman–Crippen LogP) is 5.45. The van der Waals surface area contributed by atoms with Gasteiger partial charge in [-0.25, -0.2) is 4.99 Å². The fourth-order valence-corrected chi connectivity index (χ4v) is 3.35. The van der Waals surface area contributed by atoms with Crippen LogP contribution in [0, 0.1) is 0 Å². The van der Waals surface area contributed by atoms with Crippen LogP contribution in [0.5, 0.6) is 5.75 Å². The molecule has 0 aromatic heterocycles. The van der Waals surface area contributed by atoms with Crippen LogP contribution >= 0.6 is 35.0 Å². The van der Waals surface area contributed by atoms with Crippen LogP contribution in [0.1, 0.15) is 5.56 Å². The quantitative estimate of drug-likeness (QED) is 0.532. The first-order valence-electron chi connectivity index (χ1n) is 7.65. The fraction of sp³-hybridized carbons (Fsp3) is 0.0526. The van der Waals surface area contributed by atoms with Gasteiger partial charge in [-0.1, -0.05) is 60.1 Å². The summed E-state index contributed by atoms with van der Waals surface area (Å²) < 4.78 is 5.62.